The van der Waals surface area contributed by atoms with Gasteiger partial charge < -0.3 is 4.84 Å². The smallest absolute Gasteiger partial charge is 0.277 e. The molecule has 2 aromatic rings. The first-order chi connectivity index (χ1) is 12.3. The van der Waals surface area contributed by atoms with Crippen molar-refractivity contribution in [2.24, 2.45) is 11.1 Å². The van der Waals surface area contributed by atoms with Crippen molar-refractivity contribution in [3.8, 4) is 0 Å². The molecule has 1 aliphatic carbocycles. The number of oxime groups is 1. The Labute approximate surface area is 145 Å². The Morgan fingerprint density at radius 2 is 1.72 bits per heavy atom. The third-order valence-electron chi connectivity index (χ3n) is 5.31. The van der Waals surface area contributed by atoms with Gasteiger partial charge in [0.25, 0.3) is 5.91 Å². The molecule has 3 aliphatic heterocycles. The Bertz CT molecular complexity index is 821. The van der Waals surface area contributed by atoms with E-state index in [4.69, 9.17) is 9.68 Å². The highest BCUT2D eigenvalue weighted by Gasteiger charge is 2.56. The summed E-state index contributed by atoms with van der Waals surface area (Å²) in [6, 6.07) is 19.2. The Hall–Kier alpha value is -2.66. The van der Waals surface area contributed by atoms with Gasteiger partial charge in [-0.05, 0) is 30.5 Å². The van der Waals surface area contributed by atoms with E-state index in [0.29, 0.717) is 5.56 Å². The van der Waals surface area contributed by atoms with Crippen molar-refractivity contribution in [1.82, 2.24) is 5.06 Å². The van der Waals surface area contributed by atoms with Gasteiger partial charge in [-0.2, -0.15) is 0 Å². The van der Waals surface area contributed by atoms with E-state index < -0.39 is 0 Å². The number of fused-ring (bicyclic) bond motifs is 2. The summed E-state index contributed by atoms with van der Waals surface area (Å²) in [5, 5.41) is 5.88. The molecular weight excluding hydrogens is 316 g/mol. The van der Waals surface area contributed by atoms with E-state index in [1.165, 1.54) is 5.06 Å². The molecule has 6 rings (SSSR count). The summed E-state index contributed by atoms with van der Waals surface area (Å²) >= 11 is 0. The summed E-state index contributed by atoms with van der Waals surface area (Å²) in [6.45, 7) is 0. The predicted molar refractivity (Wildman–Crippen MR) is 91.8 cm³/mol. The minimum absolute atomic E-state index is 0.0795. The lowest BCUT2D eigenvalue weighted by atomic mass is 9.75. The quantitative estimate of drug-likeness (QED) is 0.848. The van der Waals surface area contributed by atoms with Crippen LogP contribution in [0, 0.1) is 5.92 Å². The minimum atomic E-state index is -0.129. The highest BCUT2D eigenvalue weighted by atomic mass is 16.7. The van der Waals surface area contributed by atoms with Crippen molar-refractivity contribution in [3.05, 3.63) is 71.8 Å². The van der Waals surface area contributed by atoms with E-state index in [2.05, 4.69) is 5.16 Å². The van der Waals surface area contributed by atoms with Crippen LogP contribution in [0.15, 0.2) is 65.8 Å². The number of benzene rings is 2. The maximum atomic E-state index is 12.8. The van der Waals surface area contributed by atoms with Crippen molar-refractivity contribution in [1.29, 1.82) is 0 Å². The number of carbonyl (C=O) groups excluding carboxylic acids is 1. The molecule has 0 radical (unpaired) electrons. The van der Waals surface area contributed by atoms with E-state index in [9.17, 15) is 4.79 Å². The number of amides is 1. The lowest BCUT2D eigenvalue weighted by Crippen LogP contribution is -2.63. The standard InChI is InChI=1S/C20H18N2O3/c23-20(14-9-5-2-6-10-14)22-15-11-12-16(25-22)17-18(21-24-19(15)17)13-7-3-1-4-8-13/h1-10,15-17,19H,11-12H2/t15-,16+,17+,19-/m1/s1. The van der Waals surface area contributed by atoms with Crippen molar-refractivity contribution in [2.45, 2.75) is 31.1 Å². The van der Waals surface area contributed by atoms with Gasteiger partial charge in [-0.15, -0.1) is 0 Å². The van der Waals surface area contributed by atoms with Gasteiger partial charge in [-0.1, -0.05) is 53.7 Å². The number of hydrogen-bond donors (Lipinski definition) is 0. The number of hydroxylamine groups is 2. The van der Waals surface area contributed by atoms with Gasteiger partial charge in [0, 0.05) is 5.56 Å². The molecule has 1 amide bonds. The minimum Gasteiger partial charge on any atom is -0.389 e. The van der Waals surface area contributed by atoms with Crippen molar-refractivity contribution >= 4 is 11.6 Å². The molecule has 2 bridgehead atoms. The maximum Gasteiger partial charge on any atom is 0.277 e. The summed E-state index contributed by atoms with van der Waals surface area (Å²) in [5.41, 5.74) is 2.63. The number of carbonyl (C=O) groups is 1. The summed E-state index contributed by atoms with van der Waals surface area (Å²) in [7, 11) is 0. The molecule has 0 aromatic heterocycles. The molecule has 3 heterocycles. The van der Waals surface area contributed by atoms with Crippen LogP contribution in [0.2, 0.25) is 0 Å². The Kier molecular flexibility index (Phi) is 3.35. The molecule has 4 atom stereocenters. The summed E-state index contributed by atoms with van der Waals surface area (Å²) in [5.74, 6) is -0.0218. The first-order valence-corrected chi connectivity index (χ1v) is 8.67. The SMILES string of the molecule is O=C(c1ccccc1)N1O[C@H]2CC[C@@H]1[C@H]1ON=C(c3ccccc3)[C@@H]12. The highest BCUT2D eigenvalue weighted by Crippen LogP contribution is 2.44. The van der Waals surface area contributed by atoms with Gasteiger partial charge in [-0.25, -0.2) is 5.06 Å². The Morgan fingerprint density at radius 3 is 2.48 bits per heavy atom. The summed E-state index contributed by atoms with van der Waals surface area (Å²) < 4.78 is 0. The number of rotatable bonds is 2. The molecule has 5 nitrogen and oxygen atoms in total. The van der Waals surface area contributed by atoms with Crippen LogP contribution in [0.3, 0.4) is 0 Å². The molecule has 2 aromatic carbocycles. The van der Waals surface area contributed by atoms with Gasteiger partial charge >= 0.3 is 0 Å². The number of nitrogens with zero attached hydrogens (tertiary/aromatic N) is 2. The van der Waals surface area contributed by atoms with Gasteiger partial charge in [0.1, 0.15) is 6.04 Å². The fourth-order valence-electron chi connectivity index (χ4n) is 4.13. The molecule has 126 valence electrons. The molecular formula is C20H18N2O3. The van der Waals surface area contributed by atoms with Crippen LogP contribution in [0.25, 0.3) is 0 Å². The van der Waals surface area contributed by atoms with E-state index in [0.717, 1.165) is 24.1 Å². The van der Waals surface area contributed by atoms with Crippen molar-refractivity contribution in [3.63, 3.8) is 0 Å². The monoisotopic (exact) mass is 334 g/mol. The van der Waals surface area contributed by atoms with E-state index >= 15 is 0 Å². The first-order valence-electron chi connectivity index (χ1n) is 8.67. The third kappa shape index (κ3) is 2.27. The normalized spacial score (nSPS) is 29.8. The lowest BCUT2D eigenvalue weighted by Gasteiger charge is -2.49. The largest absolute Gasteiger partial charge is 0.389 e. The van der Waals surface area contributed by atoms with Crippen LogP contribution in [-0.4, -0.2) is 34.9 Å². The van der Waals surface area contributed by atoms with Gasteiger partial charge in [0.15, 0.2) is 6.10 Å². The van der Waals surface area contributed by atoms with Gasteiger partial charge in [-0.3, -0.25) is 9.63 Å². The molecule has 0 unspecified atom stereocenters. The molecule has 5 heteroatoms. The fourth-order valence-corrected chi connectivity index (χ4v) is 4.13. The predicted octanol–water partition coefficient (Wildman–Crippen LogP) is 3.02. The van der Waals surface area contributed by atoms with Crippen LogP contribution < -0.4 is 0 Å². The molecule has 4 aliphatic rings. The average molecular weight is 334 g/mol. The molecule has 3 fully saturated rings. The topological polar surface area (TPSA) is 51.1 Å². The average Bonchev–Trinajstić information content (AvgIpc) is 3.16. The van der Waals surface area contributed by atoms with Crippen molar-refractivity contribution in [2.75, 3.05) is 0 Å². The fraction of sp³-hybridized carbons (Fsp3) is 0.300. The first kappa shape index (κ1) is 14.7. The molecule has 25 heavy (non-hydrogen) atoms. The zero-order valence-electron chi connectivity index (χ0n) is 13.6. The molecule has 0 spiro atoms. The van der Waals surface area contributed by atoms with Crippen LogP contribution in [0.5, 0.6) is 0 Å². The molecule has 1 saturated carbocycles. The lowest BCUT2D eigenvalue weighted by molar-refractivity contribution is -0.283. The van der Waals surface area contributed by atoms with Gasteiger partial charge in [0.05, 0.1) is 17.7 Å². The summed E-state index contributed by atoms with van der Waals surface area (Å²) in [6.07, 6.45) is 1.58. The van der Waals surface area contributed by atoms with Crippen molar-refractivity contribution < 1.29 is 14.5 Å². The second-order valence-corrected chi connectivity index (χ2v) is 6.72. The third-order valence-corrected chi connectivity index (χ3v) is 5.31. The molecule has 2 saturated heterocycles. The van der Waals surface area contributed by atoms with Crippen LogP contribution in [-0.2, 0) is 9.68 Å². The second kappa shape index (κ2) is 5.70. The Morgan fingerprint density at radius 1 is 1.00 bits per heavy atom. The van der Waals surface area contributed by atoms with Crippen LogP contribution in [0.4, 0.5) is 0 Å². The second-order valence-electron chi connectivity index (χ2n) is 6.72. The van der Waals surface area contributed by atoms with E-state index in [-0.39, 0.29) is 30.1 Å². The Balaban J connectivity index is 1.43. The highest BCUT2D eigenvalue weighted by molar-refractivity contribution is 6.04. The maximum absolute atomic E-state index is 12.8. The van der Waals surface area contributed by atoms with Gasteiger partial charge in [0.2, 0.25) is 0 Å². The summed E-state index contributed by atoms with van der Waals surface area (Å²) in [4.78, 5) is 24.7. The van der Waals surface area contributed by atoms with Crippen LogP contribution >= 0.6 is 0 Å². The molecule has 0 N–H and O–H groups in total. The van der Waals surface area contributed by atoms with E-state index in [1.54, 1.807) is 0 Å². The zero-order chi connectivity index (χ0) is 16.8. The number of hydrogen-bond acceptors (Lipinski definition) is 4. The zero-order valence-corrected chi connectivity index (χ0v) is 13.6. The van der Waals surface area contributed by atoms with Crippen LogP contribution in [0.1, 0.15) is 28.8 Å². The van der Waals surface area contributed by atoms with E-state index in [1.807, 2.05) is 60.7 Å².